The lowest BCUT2D eigenvalue weighted by Crippen LogP contribution is -2.19. The molecule has 3 aromatic rings. The van der Waals surface area contributed by atoms with Crippen LogP contribution in [-0.2, 0) is 0 Å². The summed E-state index contributed by atoms with van der Waals surface area (Å²) in [7, 11) is 0. The van der Waals surface area contributed by atoms with Crippen LogP contribution in [0.5, 0.6) is 0 Å². The molecule has 1 amide bonds. The minimum absolute atomic E-state index is 0.102. The van der Waals surface area contributed by atoms with Gasteiger partial charge in [0.15, 0.2) is 11.5 Å². The van der Waals surface area contributed by atoms with Crippen LogP contribution in [0.2, 0.25) is 0 Å². The lowest BCUT2D eigenvalue weighted by Gasteiger charge is -2.16. The van der Waals surface area contributed by atoms with Crippen molar-refractivity contribution in [3.8, 4) is 0 Å². The van der Waals surface area contributed by atoms with E-state index in [0.717, 1.165) is 31.7 Å². The molecule has 0 radical (unpaired) electrons. The number of nitrogens with zero attached hydrogens (tertiary/aromatic N) is 4. The van der Waals surface area contributed by atoms with Crippen molar-refractivity contribution in [2.45, 2.75) is 12.8 Å². The Morgan fingerprint density at radius 3 is 2.60 bits per heavy atom. The highest BCUT2D eigenvalue weighted by Gasteiger charge is 2.21. The van der Waals surface area contributed by atoms with E-state index in [4.69, 9.17) is 5.73 Å². The van der Waals surface area contributed by atoms with E-state index in [-0.39, 0.29) is 17.2 Å². The average molecular weight is 340 g/mol. The Bertz CT molecular complexity index is 930. The molecule has 3 heterocycles. The summed E-state index contributed by atoms with van der Waals surface area (Å²) in [6, 6.07) is 7.39. The number of nitrogens with two attached hydrogens (primary N) is 1. The number of hydrogen-bond acceptors (Lipinski definition) is 5. The van der Waals surface area contributed by atoms with Crippen LogP contribution in [0.1, 0.15) is 23.2 Å². The number of fused-ring (bicyclic) bond motifs is 1. The Hall–Kier alpha value is -3.16. The molecule has 0 aliphatic carbocycles. The van der Waals surface area contributed by atoms with Crippen LogP contribution in [0.25, 0.3) is 5.65 Å². The van der Waals surface area contributed by atoms with Crippen LogP contribution in [0.15, 0.2) is 36.5 Å². The standard InChI is InChI=1S/C17H17FN6O/c18-11-3-5-12(6-4-11)20-17(25)14-15(19)22-24-10-7-13(21-16(14)24)23-8-1-2-9-23/h3-7,10H,1-2,8-9H2,(H2,19,22)(H,20,25). The molecule has 1 saturated heterocycles. The normalized spacial score (nSPS) is 14.2. The van der Waals surface area contributed by atoms with Crippen molar-refractivity contribution < 1.29 is 9.18 Å². The lowest BCUT2D eigenvalue weighted by atomic mass is 10.2. The Morgan fingerprint density at radius 1 is 1.16 bits per heavy atom. The number of halogens is 1. The Balaban J connectivity index is 1.69. The van der Waals surface area contributed by atoms with Crippen molar-refractivity contribution in [2.75, 3.05) is 29.0 Å². The van der Waals surface area contributed by atoms with Gasteiger partial charge in [-0.15, -0.1) is 5.10 Å². The first-order valence-corrected chi connectivity index (χ1v) is 8.08. The highest BCUT2D eigenvalue weighted by molar-refractivity contribution is 6.11. The van der Waals surface area contributed by atoms with Crippen molar-refractivity contribution >= 4 is 28.9 Å². The first kappa shape index (κ1) is 15.4. The molecule has 0 bridgehead atoms. The van der Waals surface area contributed by atoms with E-state index in [1.807, 2.05) is 6.07 Å². The van der Waals surface area contributed by atoms with Gasteiger partial charge in [0.25, 0.3) is 5.91 Å². The van der Waals surface area contributed by atoms with Gasteiger partial charge in [0.05, 0.1) is 0 Å². The second-order valence-corrected chi connectivity index (χ2v) is 5.97. The molecule has 4 rings (SSSR count). The molecule has 1 aromatic carbocycles. The minimum atomic E-state index is -0.426. The van der Waals surface area contributed by atoms with Crippen molar-refractivity contribution in [2.24, 2.45) is 0 Å². The van der Waals surface area contributed by atoms with Crippen molar-refractivity contribution in [1.29, 1.82) is 0 Å². The van der Waals surface area contributed by atoms with Crippen LogP contribution in [0.3, 0.4) is 0 Å². The van der Waals surface area contributed by atoms with E-state index in [0.29, 0.717) is 11.3 Å². The molecule has 0 unspecified atom stereocenters. The van der Waals surface area contributed by atoms with Gasteiger partial charge in [-0.2, -0.15) is 0 Å². The number of amides is 1. The molecule has 128 valence electrons. The van der Waals surface area contributed by atoms with Crippen LogP contribution in [-0.4, -0.2) is 33.6 Å². The first-order valence-electron chi connectivity index (χ1n) is 8.08. The Kier molecular flexibility index (Phi) is 3.72. The first-order chi connectivity index (χ1) is 12.1. The third-order valence-electron chi connectivity index (χ3n) is 4.26. The molecule has 2 aromatic heterocycles. The topological polar surface area (TPSA) is 88.5 Å². The number of rotatable bonds is 3. The number of carbonyl (C=O) groups is 1. The van der Waals surface area contributed by atoms with Gasteiger partial charge in [-0.25, -0.2) is 13.9 Å². The van der Waals surface area contributed by atoms with Crippen LogP contribution < -0.4 is 16.0 Å². The number of carbonyl (C=O) groups excluding carboxylic acids is 1. The zero-order valence-electron chi connectivity index (χ0n) is 13.4. The fourth-order valence-electron chi connectivity index (χ4n) is 3.00. The largest absolute Gasteiger partial charge is 0.381 e. The second-order valence-electron chi connectivity index (χ2n) is 5.97. The maximum Gasteiger partial charge on any atom is 0.263 e. The summed E-state index contributed by atoms with van der Waals surface area (Å²) in [5.41, 5.74) is 7.02. The van der Waals surface area contributed by atoms with E-state index in [9.17, 15) is 9.18 Å². The molecule has 3 N–H and O–H groups in total. The molecular formula is C17H17FN6O. The molecule has 0 atom stereocenters. The highest BCUT2D eigenvalue weighted by Crippen LogP contribution is 2.23. The Labute approximate surface area is 143 Å². The SMILES string of the molecule is Nc1nn2ccc(N3CCCC3)nc2c1C(=O)Nc1ccc(F)cc1. The van der Waals surface area contributed by atoms with E-state index >= 15 is 0 Å². The van der Waals surface area contributed by atoms with Gasteiger partial charge in [-0.1, -0.05) is 0 Å². The highest BCUT2D eigenvalue weighted by atomic mass is 19.1. The number of nitrogen functional groups attached to an aromatic ring is 1. The number of aromatic nitrogens is 3. The Morgan fingerprint density at radius 2 is 1.88 bits per heavy atom. The summed E-state index contributed by atoms with van der Waals surface area (Å²) < 4.78 is 14.5. The van der Waals surface area contributed by atoms with Crippen molar-refractivity contribution in [3.05, 3.63) is 47.9 Å². The molecule has 0 saturated carbocycles. The lowest BCUT2D eigenvalue weighted by molar-refractivity contribution is 0.102. The van der Waals surface area contributed by atoms with Gasteiger partial charge in [0.1, 0.15) is 17.2 Å². The van der Waals surface area contributed by atoms with Gasteiger partial charge in [0.2, 0.25) is 0 Å². The van der Waals surface area contributed by atoms with Gasteiger partial charge in [-0.3, -0.25) is 4.79 Å². The molecular weight excluding hydrogens is 323 g/mol. The van der Waals surface area contributed by atoms with E-state index < -0.39 is 5.91 Å². The van der Waals surface area contributed by atoms with Crippen LogP contribution in [0.4, 0.5) is 21.7 Å². The maximum atomic E-state index is 13.0. The van der Waals surface area contributed by atoms with Gasteiger partial charge in [0, 0.05) is 25.0 Å². The summed E-state index contributed by atoms with van der Waals surface area (Å²) in [4.78, 5) is 19.4. The smallest absolute Gasteiger partial charge is 0.263 e. The second kappa shape index (κ2) is 6.04. The summed E-state index contributed by atoms with van der Waals surface area (Å²) in [5, 5.41) is 6.85. The van der Waals surface area contributed by atoms with E-state index in [1.165, 1.54) is 28.8 Å². The van der Waals surface area contributed by atoms with Crippen LogP contribution >= 0.6 is 0 Å². The van der Waals surface area contributed by atoms with Gasteiger partial charge in [-0.05, 0) is 43.2 Å². The van der Waals surface area contributed by atoms with E-state index in [2.05, 4.69) is 20.3 Å². The number of hydrogen-bond donors (Lipinski definition) is 2. The number of benzene rings is 1. The molecule has 1 fully saturated rings. The monoisotopic (exact) mass is 340 g/mol. The quantitative estimate of drug-likeness (QED) is 0.764. The molecule has 0 spiro atoms. The number of anilines is 3. The van der Waals surface area contributed by atoms with E-state index in [1.54, 1.807) is 6.20 Å². The average Bonchev–Trinajstić information content (AvgIpc) is 3.23. The molecule has 7 nitrogen and oxygen atoms in total. The third-order valence-corrected chi connectivity index (χ3v) is 4.26. The fraction of sp³-hybridized carbons (Fsp3) is 0.235. The van der Waals surface area contributed by atoms with Gasteiger partial charge < -0.3 is 16.0 Å². The molecule has 1 aliphatic rings. The zero-order valence-corrected chi connectivity index (χ0v) is 13.4. The molecule has 25 heavy (non-hydrogen) atoms. The molecule has 1 aliphatic heterocycles. The summed E-state index contributed by atoms with van der Waals surface area (Å²) >= 11 is 0. The summed E-state index contributed by atoms with van der Waals surface area (Å²) in [5.74, 6) is 0.113. The summed E-state index contributed by atoms with van der Waals surface area (Å²) in [6.45, 7) is 1.90. The van der Waals surface area contributed by atoms with Crippen molar-refractivity contribution in [3.63, 3.8) is 0 Å². The predicted molar refractivity (Wildman–Crippen MR) is 93.2 cm³/mol. The summed E-state index contributed by atoms with van der Waals surface area (Å²) in [6.07, 6.45) is 4.01. The van der Waals surface area contributed by atoms with Crippen LogP contribution in [0, 0.1) is 5.82 Å². The zero-order chi connectivity index (χ0) is 17.4. The number of nitrogens with one attached hydrogen (secondary N) is 1. The maximum absolute atomic E-state index is 13.0. The molecule has 8 heteroatoms. The van der Waals surface area contributed by atoms with Gasteiger partial charge >= 0.3 is 0 Å². The minimum Gasteiger partial charge on any atom is -0.381 e. The fourth-order valence-corrected chi connectivity index (χ4v) is 3.00. The van der Waals surface area contributed by atoms with Crippen molar-refractivity contribution in [1.82, 2.24) is 14.6 Å². The third kappa shape index (κ3) is 2.86. The predicted octanol–water partition coefficient (Wildman–Crippen LogP) is 2.30.